The SMILES string of the molecule is CC1(C)C(/C=C/C=C/Nc2ccccc2)=Nc2ccccc21. The molecule has 0 aromatic heterocycles. The summed E-state index contributed by atoms with van der Waals surface area (Å²) >= 11 is 0. The van der Waals surface area contributed by atoms with Gasteiger partial charge in [-0.05, 0) is 35.9 Å². The van der Waals surface area contributed by atoms with Crippen LogP contribution in [0.2, 0.25) is 0 Å². The summed E-state index contributed by atoms with van der Waals surface area (Å²) < 4.78 is 0. The van der Waals surface area contributed by atoms with Crippen molar-refractivity contribution >= 4 is 17.1 Å². The standard InChI is InChI=1S/C20H20N2/c1-20(2)17-12-6-7-13-18(17)22-19(20)14-8-9-15-21-16-10-4-3-5-11-16/h3-15,21H,1-2H3/b14-8+,15-9+. The molecule has 0 amide bonds. The van der Waals surface area contributed by atoms with Crippen molar-refractivity contribution < 1.29 is 0 Å². The molecule has 2 aromatic rings. The summed E-state index contributed by atoms with van der Waals surface area (Å²) in [5.74, 6) is 0. The number of para-hydroxylation sites is 2. The van der Waals surface area contributed by atoms with Gasteiger partial charge in [-0.3, -0.25) is 4.99 Å². The molecular formula is C20H20N2. The molecule has 1 heterocycles. The number of nitrogens with zero attached hydrogens (tertiary/aromatic N) is 1. The molecule has 0 radical (unpaired) electrons. The van der Waals surface area contributed by atoms with Crippen molar-refractivity contribution in [2.75, 3.05) is 5.32 Å². The van der Waals surface area contributed by atoms with Crippen LogP contribution in [0.3, 0.4) is 0 Å². The Morgan fingerprint density at radius 3 is 2.41 bits per heavy atom. The van der Waals surface area contributed by atoms with Gasteiger partial charge in [0.15, 0.2) is 0 Å². The summed E-state index contributed by atoms with van der Waals surface area (Å²) in [6.07, 6.45) is 8.04. The van der Waals surface area contributed by atoms with Gasteiger partial charge in [-0.15, -0.1) is 0 Å². The summed E-state index contributed by atoms with van der Waals surface area (Å²) in [5, 5.41) is 3.24. The van der Waals surface area contributed by atoms with Crippen LogP contribution in [0.15, 0.2) is 84.0 Å². The van der Waals surface area contributed by atoms with Crippen LogP contribution in [0.1, 0.15) is 19.4 Å². The Balaban J connectivity index is 1.67. The van der Waals surface area contributed by atoms with E-state index in [1.165, 1.54) is 5.56 Å². The molecule has 0 saturated carbocycles. The van der Waals surface area contributed by atoms with E-state index in [0.29, 0.717) is 0 Å². The molecule has 22 heavy (non-hydrogen) atoms. The minimum absolute atomic E-state index is 0.0339. The van der Waals surface area contributed by atoms with Crippen LogP contribution in [0.4, 0.5) is 11.4 Å². The van der Waals surface area contributed by atoms with E-state index in [4.69, 9.17) is 4.99 Å². The first kappa shape index (κ1) is 14.3. The Bertz CT molecular complexity index is 737. The van der Waals surface area contributed by atoms with Crippen LogP contribution in [-0.4, -0.2) is 5.71 Å². The summed E-state index contributed by atoms with van der Waals surface area (Å²) in [4.78, 5) is 4.74. The maximum absolute atomic E-state index is 4.74. The van der Waals surface area contributed by atoms with Crippen molar-refractivity contribution in [2.45, 2.75) is 19.3 Å². The molecule has 0 unspecified atom stereocenters. The van der Waals surface area contributed by atoms with Crippen molar-refractivity contribution in [3.63, 3.8) is 0 Å². The Morgan fingerprint density at radius 1 is 0.909 bits per heavy atom. The molecule has 0 atom stereocenters. The van der Waals surface area contributed by atoms with E-state index in [0.717, 1.165) is 17.1 Å². The fourth-order valence-electron chi connectivity index (χ4n) is 2.63. The molecule has 2 heteroatoms. The van der Waals surface area contributed by atoms with Crippen molar-refractivity contribution in [2.24, 2.45) is 4.99 Å². The van der Waals surface area contributed by atoms with Crippen LogP contribution >= 0.6 is 0 Å². The minimum Gasteiger partial charge on any atom is -0.362 e. The molecule has 0 bridgehead atoms. The topological polar surface area (TPSA) is 24.4 Å². The fraction of sp³-hybridized carbons (Fsp3) is 0.150. The molecule has 2 nitrogen and oxygen atoms in total. The highest BCUT2D eigenvalue weighted by Gasteiger charge is 2.32. The van der Waals surface area contributed by atoms with Gasteiger partial charge in [0.05, 0.1) is 11.4 Å². The normalized spacial score (nSPS) is 16.0. The van der Waals surface area contributed by atoms with E-state index < -0.39 is 0 Å². The quantitative estimate of drug-likeness (QED) is 0.765. The zero-order chi connectivity index (χ0) is 15.4. The summed E-state index contributed by atoms with van der Waals surface area (Å²) in [6, 6.07) is 18.5. The smallest absolute Gasteiger partial charge is 0.0674 e. The van der Waals surface area contributed by atoms with E-state index >= 15 is 0 Å². The molecule has 1 aliphatic rings. The van der Waals surface area contributed by atoms with E-state index in [1.807, 2.05) is 54.8 Å². The monoisotopic (exact) mass is 288 g/mol. The third-order valence-electron chi connectivity index (χ3n) is 3.94. The van der Waals surface area contributed by atoms with Gasteiger partial charge in [-0.1, -0.05) is 56.3 Å². The lowest BCUT2D eigenvalue weighted by Gasteiger charge is -2.19. The number of benzene rings is 2. The van der Waals surface area contributed by atoms with Crippen LogP contribution < -0.4 is 5.32 Å². The summed E-state index contributed by atoms with van der Waals surface area (Å²) in [5.41, 5.74) is 4.52. The first-order chi connectivity index (χ1) is 10.7. The number of hydrogen-bond acceptors (Lipinski definition) is 2. The molecule has 1 N–H and O–H groups in total. The predicted molar refractivity (Wildman–Crippen MR) is 94.9 cm³/mol. The molecule has 0 saturated heterocycles. The van der Waals surface area contributed by atoms with Crippen LogP contribution in [0, 0.1) is 0 Å². The Morgan fingerprint density at radius 2 is 1.64 bits per heavy atom. The summed E-state index contributed by atoms with van der Waals surface area (Å²) in [7, 11) is 0. The number of rotatable bonds is 4. The fourth-order valence-corrected chi connectivity index (χ4v) is 2.63. The third kappa shape index (κ3) is 2.86. The van der Waals surface area contributed by atoms with E-state index in [1.54, 1.807) is 0 Å². The first-order valence-electron chi connectivity index (χ1n) is 7.51. The van der Waals surface area contributed by atoms with Crippen molar-refractivity contribution in [1.29, 1.82) is 0 Å². The number of fused-ring (bicyclic) bond motifs is 1. The molecule has 110 valence electrons. The highest BCUT2D eigenvalue weighted by atomic mass is 14.8. The second kappa shape index (κ2) is 6.02. The van der Waals surface area contributed by atoms with Gasteiger partial charge in [0, 0.05) is 17.3 Å². The Labute approximate surface area is 131 Å². The van der Waals surface area contributed by atoms with Gasteiger partial charge in [-0.2, -0.15) is 0 Å². The highest BCUT2D eigenvalue weighted by Crippen LogP contribution is 2.39. The Kier molecular flexibility index (Phi) is 3.92. The number of allylic oxidation sites excluding steroid dienone is 3. The third-order valence-corrected chi connectivity index (χ3v) is 3.94. The molecule has 0 spiro atoms. The van der Waals surface area contributed by atoms with E-state index in [-0.39, 0.29) is 5.41 Å². The summed E-state index contributed by atoms with van der Waals surface area (Å²) in [6.45, 7) is 4.43. The molecule has 2 aromatic carbocycles. The zero-order valence-corrected chi connectivity index (χ0v) is 13.0. The van der Waals surface area contributed by atoms with Crippen molar-refractivity contribution in [3.05, 3.63) is 84.6 Å². The molecule has 0 fully saturated rings. The lowest BCUT2D eigenvalue weighted by atomic mass is 9.81. The average Bonchev–Trinajstić information content (AvgIpc) is 2.79. The molecular weight excluding hydrogens is 268 g/mol. The lowest BCUT2D eigenvalue weighted by molar-refractivity contribution is 0.740. The van der Waals surface area contributed by atoms with Crippen LogP contribution in [0.5, 0.6) is 0 Å². The number of hydrogen-bond donors (Lipinski definition) is 1. The number of nitrogens with one attached hydrogen (secondary N) is 1. The number of anilines is 1. The lowest BCUT2D eigenvalue weighted by Crippen LogP contribution is -2.23. The molecule has 0 aliphatic carbocycles. The first-order valence-corrected chi connectivity index (χ1v) is 7.51. The van der Waals surface area contributed by atoms with Gasteiger partial charge in [-0.25, -0.2) is 0 Å². The van der Waals surface area contributed by atoms with Crippen molar-refractivity contribution in [1.82, 2.24) is 0 Å². The molecule has 3 rings (SSSR count). The maximum atomic E-state index is 4.74. The van der Waals surface area contributed by atoms with Gasteiger partial charge < -0.3 is 5.32 Å². The van der Waals surface area contributed by atoms with Gasteiger partial charge in [0.2, 0.25) is 0 Å². The highest BCUT2D eigenvalue weighted by molar-refractivity contribution is 6.08. The largest absolute Gasteiger partial charge is 0.362 e. The van der Waals surface area contributed by atoms with Gasteiger partial charge in [0.1, 0.15) is 0 Å². The van der Waals surface area contributed by atoms with Crippen molar-refractivity contribution in [3.8, 4) is 0 Å². The van der Waals surface area contributed by atoms with Crippen LogP contribution in [0.25, 0.3) is 0 Å². The van der Waals surface area contributed by atoms with E-state index in [2.05, 4.69) is 43.4 Å². The van der Waals surface area contributed by atoms with Gasteiger partial charge in [0.25, 0.3) is 0 Å². The second-order valence-corrected chi connectivity index (χ2v) is 5.87. The average molecular weight is 288 g/mol. The van der Waals surface area contributed by atoms with Gasteiger partial charge >= 0.3 is 0 Å². The number of aliphatic imine (C=N–C) groups is 1. The predicted octanol–water partition coefficient (Wildman–Crippen LogP) is 5.23. The molecule has 1 aliphatic heterocycles. The Hall–Kier alpha value is -2.61. The second-order valence-electron chi connectivity index (χ2n) is 5.87. The zero-order valence-electron chi connectivity index (χ0n) is 13.0. The van der Waals surface area contributed by atoms with E-state index in [9.17, 15) is 0 Å². The van der Waals surface area contributed by atoms with Crippen LogP contribution in [-0.2, 0) is 5.41 Å². The maximum Gasteiger partial charge on any atom is 0.0674 e. The minimum atomic E-state index is -0.0339.